The normalized spacial score (nSPS) is 18.4. The fourth-order valence-corrected chi connectivity index (χ4v) is 2.93. The number of nitrogens with zero attached hydrogens (tertiary/aromatic N) is 1. The van der Waals surface area contributed by atoms with Crippen LogP contribution in [0.1, 0.15) is 30.9 Å². The van der Waals surface area contributed by atoms with Crippen molar-refractivity contribution in [1.82, 2.24) is 4.90 Å². The van der Waals surface area contributed by atoms with Gasteiger partial charge in [0.05, 0.1) is 7.11 Å². The van der Waals surface area contributed by atoms with E-state index in [-0.39, 0.29) is 12.4 Å². The summed E-state index contributed by atoms with van der Waals surface area (Å²) in [7, 11) is 1.72. The first-order valence-corrected chi connectivity index (χ1v) is 7.21. The third-order valence-corrected chi connectivity index (χ3v) is 4.24. The van der Waals surface area contributed by atoms with Gasteiger partial charge in [-0.2, -0.15) is 0 Å². The zero-order valence-electron chi connectivity index (χ0n) is 12.8. The smallest absolute Gasteiger partial charge is 0.121 e. The van der Waals surface area contributed by atoms with Gasteiger partial charge in [-0.3, -0.25) is 4.90 Å². The maximum Gasteiger partial charge on any atom is 0.121 e. The molecule has 3 nitrogen and oxygen atoms in total. The molecule has 2 rings (SSSR count). The van der Waals surface area contributed by atoms with Gasteiger partial charge in [-0.15, -0.1) is 12.4 Å². The highest BCUT2D eigenvalue weighted by Crippen LogP contribution is 2.23. The Labute approximate surface area is 128 Å². The SMILES string of the molecule is COc1ccc(CN2CCC(C(C)N)CC2)cc1C.Cl. The highest BCUT2D eigenvalue weighted by atomic mass is 35.5. The molecule has 0 saturated carbocycles. The zero-order chi connectivity index (χ0) is 13.8. The predicted octanol–water partition coefficient (Wildman–Crippen LogP) is 2.98. The molecule has 1 unspecified atom stereocenters. The summed E-state index contributed by atoms with van der Waals surface area (Å²) < 4.78 is 5.30. The molecule has 1 aromatic rings. The fourth-order valence-electron chi connectivity index (χ4n) is 2.93. The first kappa shape index (κ1) is 17.3. The van der Waals surface area contributed by atoms with Crippen LogP contribution in [-0.4, -0.2) is 31.1 Å². The minimum absolute atomic E-state index is 0. The van der Waals surface area contributed by atoms with E-state index in [2.05, 4.69) is 36.9 Å². The topological polar surface area (TPSA) is 38.5 Å². The van der Waals surface area contributed by atoms with Crippen LogP contribution in [0.4, 0.5) is 0 Å². The van der Waals surface area contributed by atoms with E-state index in [1.165, 1.54) is 24.0 Å². The quantitative estimate of drug-likeness (QED) is 0.929. The third-order valence-electron chi connectivity index (χ3n) is 4.24. The van der Waals surface area contributed by atoms with Gasteiger partial charge in [-0.05, 0) is 62.9 Å². The molecule has 114 valence electrons. The lowest BCUT2D eigenvalue weighted by Crippen LogP contribution is -2.39. The minimum Gasteiger partial charge on any atom is -0.496 e. The van der Waals surface area contributed by atoms with Crippen LogP contribution >= 0.6 is 12.4 Å². The number of benzene rings is 1. The number of methoxy groups -OCH3 is 1. The highest BCUT2D eigenvalue weighted by Gasteiger charge is 2.21. The van der Waals surface area contributed by atoms with Gasteiger partial charge in [0.25, 0.3) is 0 Å². The molecule has 0 aromatic heterocycles. The van der Waals surface area contributed by atoms with Gasteiger partial charge in [0.2, 0.25) is 0 Å². The summed E-state index contributed by atoms with van der Waals surface area (Å²) in [6.07, 6.45) is 2.46. The fraction of sp³-hybridized carbons (Fsp3) is 0.625. The van der Waals surface area contributed by atoms with E-state index >= 15 is 0 Å². The predicted molar refractivity (Wildman–Crippen MR) is 86.6 cm³/mol. The van der Waals surface area contributed by atoms with Crippen LogP contribution in [0.25, 0.3) is 0 Å². The van der Waals surface area contributed by atoms with E-state index in [9.17, 15) is 0 Å². The summed E-state index contributed by atoms with van der Waals surface area (Å²) in [5.74, 6) is 1.67. The monoisotopic (exact) mass is 298 g/mol. The molecule has 1 fully saturated rings. The van der Waals surface area contributed by atoms with Crippen LogP contribution in [0.5, 0.6) is 5.75 Å². The molecule has 1 aromatic carbocycles. The van der Waals surface area contributed by atoms with E-state index in [4.69, 9.17) is 10.5 Å². The minimum atomic E-state index is 0. The van der Waals surface area contributed by atoms with Gasteiger partial charge < -0.3 is 10.5 Å². The number of halogens is 1. The Hall–Kier alpha value is -0.770. The lowest BCUT2D eigenvalue weighted by Gasteiger charge is -2.33. The van der Waals surface area contributed by atoms with Gasteiger partial charge in [0.15, 0.2) is 0 Å². The molecule has 1 heterocycles. The number of hydrogen-bond donors (Lipinski definition) is 1. The second-order valence-electron chi connectivity index (χ2n) is 5.78. The van der Waals surface area contributed by atoms with Gasteiger partial charge >= 0.3 is 0 Å². The molecular weight excluding hydrogens is 272 g/mol. The summed E-state index contributed by atoms with van der Waals surface area (Å²) in [5.41, 5.74) is 8.57. The van der Waals surface area contributed by atoms with Gasteiger partial charge in [-0.1, -0.05) is 12.1 Å². The van der Waals surface area contributed by atoms with Crippen LogP contribution in [0, 0.1) is 12.8 Å². The average molecular weight is 299 g/mol. The van der Waals surface area contributed by atoms with Crippen LogP contribution in [0.3, 0.4) is 0 Å². The van der Waals surface area contributed by atoms with Crippen molar-refractivity contribution in [3.8, 4) is 5.75 Å². The van der Waals surface area contributed by atoms with Crippen molar-refractivity contribution in [2.45, 2.75) is 39.3 Å². The molecule has 1 aliphatic heterocycles. The second kappa shape index (κ2) is 7.87. The number of likely N-dealkylation sites (tertiary alicyclic amines) is 1. The highest BCUT2D eigenvalue weighted by molar-refractivity contribution is 5.85. The zero-order valence-corrected chi connectivity index (χ0v) is 13.6. The molecule has 0 radical (unpaired) electrons. The van der Waals surface area contributed by atoms with Crippen molar-refractivity contribution in [2.24, 2.45) is 11.7 Å². The first-order chi connectivity index (χ1) is 9.10. The number of hydrogen-bond acceptors (Lipinski definition) is 3. The summed E-state index contributed by atoms with van der Waals surface area (Å²) in [6.45, 7) is 7.60. The second-order valence-corrected chi connectivity index (χ2v) is 5.78. The lowest BCUT2D eigenvalue weighted by atomic mass is 9.91. The molecule has 2 N–H and O–H groups in total. The number of aryl methyl sites for hydroxylation is 1. The van der Waals surface area contributed by atoms with Crippen molar-refractivity contribution in [3.63, 3.8) is 0 Å². The van der Waals surface area contributed by atoms with Crippen LogP contribution in [-0.2, 0) is 6.54 Å². The Bertz CT molecular complexity index is 415. The molecule has 20 heavy (non-hydrogen) atoms. The molecule has 0 aliphatic carbocycles. The summed E-state index contributed by atoms with van der Waals surface area (Å²) in [6, 6.07) is 6.81. The number of nitrogens with two attached hydrogens (primary N) is 1. The molecule has 0 spiro atoms. The van der Waals surface area contributed by atoms with Crippen molar-refractivity contribution in [1.29, 1.82) is 0 Å². The lowest BCUT2D eigenvalue weighted by molar-refractivity contribution is 0.165. The molecule has 1 aliphatic rings. The Morgan fingerprint density at radius 3 is 2.50 bits per heavy atom. The third kappa shape index (κ3) is 4.37. The number of rotatable bonds is 4. The van der Waals surface area contributed by atoms with Gasteiger partial charge in [-0.25, -0.2) is 0 Å². The Kier molecular flexibility index (Phi) is 6.80. The van der Waals surface area contributed by atoms with Gasteiger partial charge in [0.1, 0.15) is 5.75 Å². The van der Waals surface area contributed by atoms with Crippen LogP contribution in [0.15, 0.2) is 18.2 Å². The van der Waals surface area contributed by atoms with Crippen molar-refractivity contribution >= 4 is 12.4 Å². The molecule has 0 bridgehead atoms. The Morgan fingerprint density at radius 1 is 1.35 bits per heavy atom. The van der Waals surface area contributed by atoms with Crippen LogP contribution < -0.4 is 10.5 Å². The summed E-state index contributed by atoms with van der Waals surface area (Å²) in [4.78, 5) is 2.53. The Balaban J connectivity index is 0.00000200. The molecule has 1 atom stereocenters. The maximum absolute atomic E-state index is 5.98. The van der Waals surface area contributed by atoms with E-state index in [0.717, 1.165) is 25.4 Å². The van der Waals surface area contributed by atoms with Gasteiger partial charge in [0, 0.05) is 12.6 Å². The molecule has 1 saturated heterocycles. The Morgan fingerprint density at radius 2 is 2.00 bits per heavy atom. The van der Waals surface area contributed by atoms with Crippen molar-refractivity contribution < 1.29 is 4.74 Å². The van der Waals surface area contributed by atoms with Crippen molar-refractivity contribution in [2.75, 3.05) is 20.2 Å². The summed E-state index contributed by atoms with van der Waals surface area (Å²) in [5, 5.41) is 0. The molecule has 0 amide bonds. The largest absolute Gasteiger partial charge is 0.496 e. The first-order valence-electron chi connectivity index (χ1n) is 7.21. The average Bonchev–Trinajstić information content (AvgIpc) is 2.39. The van der Waals surface area contributed by atoms with E-state index in [1.807, 2.05) is 0 Å². The van der Waals surface area contributed by atoms with Crippen molar-refractivity contribution in [3.05, 3.63) is 29.3 Å². The summed E-state index contributed by atoms with van der Waals surface area (Å²) >= 11 is 0. The van der Waals surface area contributed by atoms with Crippen LogP contribution in [0.2, 0.25) is 0 Å². The molecule has 4 heteroatoms. The standard InChI is InChI=1S/C16H26N2O.ClH/c1-12-10-14(4-5-16(12)19-3)11-18-8-6-15(7-9-18)13(2)17;/h4-5,10,13,15H,6-9,11,17H2,1-3H3;1H. The van der Waals surface area contributed by atoms with E-state index < -0.39 is 0 Å². The number of piperidine rings is 1. The number of ether oxygens (including phenoxy) is 1. The van der Waals surface area contributed by atoms with E-state index in [0.29, 0.717) is 12.0 Å². The van der Waals surface area contributed by atoms with E-state index in [1.54, 1.807) is 7.11 Å². The molecular formula is C16H27ClN2O. The maximum atomic E-state index is 5.98.